The molecule has 0 aliphatic carbocycles. The Hall–Kier alpha value is -1.35. The first-order valence-corrected chi connectivity index (χ1v) is 7.77. The van der Waals surface area contributed by atoms with Crippen LogP contribution < -0.4 is 10.6 Å². The molecule has 1 aliphatic rings. The molecule has 0 bridgehead atoms. The number of nitrogens with zero attached hydrogens (tertiary/aromatic N) is 1. The van der Waals surface area contributed by atoms with E-state index in [1.807, 2.05) is 11.8 Å². The van der Waals surface area contributed by atoms with Crippen LogP contribution in [0, 0.1) is 5.92 Å². The molecule has 2 N–H and O–H groups in total. The molecule has 20 heavy (non-hydrogen) atoms. The van der Waals surface area contributed by atoms with E-state index in [1.54, 1.807) is 0 Å². The van der Waals surface area contributed by atoms with Gasteiger partial charge in [0.15, 0.2) is 0 Å². The van der Waals surface area contributed by atoms with Gasteiger partial charge in [0.05, 0.1) is 0 Å². The molecule has 2 rings (SSSR count). The number of hydrogen-bond donors (Lipinski definition) is 1. The lowest BCUT2D eigenvalue weighted by Gasteiger charge is -2.24. The smallest absolute Gasteiger partial charge is 0.226 e. The molecule has 0 saturated heterocycles. The van der Waals surface area contributed by atoms with E-state index in [2.05, 4.69) is 32.0 Å². The highest BCUT2D eigenvalue weighted by Gasteiger charge is 2.22. The summed E-state index contributed by atoms with van der Waals surface area (Å²) in [6.45, 7) is 7.14. The Bertz CT molecular complexity index is 484. The number of aryl methyl sites for hydroxylation is 1. The summed E-state index contributed by atoms with van der Waals surface area (Å²) in [6.07, 6.45) is 3.64. The van der Waals surface area contributed by atoms with E-state index in [-0.39, 0.29) is 11.9 Å². The van der Waals surface area contributed by atoms with Crippen molar-refractivity contribution in [3.05, 3.63) is 29.3 Å². The number of nitrogens with two attached hydrogens (primary N) is 1. The lowest BCUT2D eigenvalue weighted by molar-refractivity contribution is -0.118. The van der Waals surface area contributed by atoms with Gasteiger partial charge in [-0.3, -0.25) is 4.79 Å². The fourth-order valence-corrected chi connectivity index (χ4v) is 2.90. The van der Waals surface area contributed by atoms with Crippen molar-refractivity contribution in [1.82, 2.24) is 0 Å². The largest absolute Gasteiger partial charge is 0.324 e. The molecule has 1 aromatic carbocycles. The number of carbonyl (C=O) groups excluding carboxylic acids is 1. The van der Waals surface area contributed by atoms with E-state index in [4.69, 9.17) is 5.73 Å². The molecule has 0 fully saturated rings. The van der Waals surface area contributed by atoms with E-state index in [1.165, 1.54) is 11.1 Å². The van der Waals surface area contributed by atoms with Crippen LogP contribution in [0.1, 0.15) is 57.2 Å². The van der Waals surface area contributed by atoms with Crippen LogP contribution in [0.4, 0.5) is 5.69 Å². The summed E-state index contributed by atoms with van der Waals surface area (Å²) in [7, 11) is 0. The minimum atomic E-state index is 0.0827. The van der Waals surface area contributed by atoms with Gasteiger partial charge in [-0.15, -0.1) is 0 Å². The second-order valence-corrected chi connectivity index (χ2v) is 5.79. The van der Waals surface area contributed by atoms with Crippen LogP contribution in [-0.4, -0.2) is 12.5 Å². The van der Waals surface area contributed by atoms with E-state index < -0.39 is 0 Å². The van der Waals surface area contributed by atoms with Crippen LogP contribution in [-0.2, 0) is 11.2 Å². The third-order valence-electron chi connectivity index (χ3n) is 4.49. The van der Waals surface area contributed by atoms with Crippen LogP contribution in [0.5, 0.6) is 0 Å². The molecule has 0 radical (unpaired) electrons. The van der Waals surface area contributed by atoms with Crippen LogP contribution in [0.15, 0.2) is 18.2 Å². The Morgan fingerprint density at radius 3 is 2.70 bits per heavy atom. The molecule has 1 aliphatic heterocycles. The van der Waals surface area contributed by atoms with E-state index >= 15 is 0 Å². The molecule has 2 atom stereocenters. The summed E-state index contributed by atoms with van der Waals surface area (Å²) in [5.41, 5.74) is 9.88. The van der Waals surface area contributed by atoms with Gasteiger partial charge < -0.3 is 10.6 Å². The number of anilines is 1. The summed E-state index contributed by atoms with van der Waals surface area (Å²) in [5, 5.41) is 0. The maximum absolute atomic E-state index is 12.1. The molecule has 0 aromatic heterocycles. The normalized spacial score (nSPS) is 18.4. The Balaban J connectivity index is 2.35. The molecule has 1 aromatic rings. The second-order valence-electron chi connectivity index (χ2n) is 5.79. The predicted octanol–water partition coefficient (Wildman–Crippen LogP) is 3.42. The van der Waals surface area contributed by atoms with Gasteiger partial charge in [-0.25, -0.2) is 0 Å². The molecule has 3 heteroatoms. The number of carbonyl (C=O) groups is 1. The average Bonchev–Trinajstić information content (AvgIpc) is 2.62. The van der Waals surface area contributed by atoms with Gasteiger partial charge in [0.2, 0.25) is 5.91 Å². The minimum absolute atomic E-state index is 0.0827. The number of amides is 1. The Kier molecular flexibility index (Phi) is 4.81. The van der Waals surface area contributed by atoms with Crippen molar-refractivity contribution >= 4 is 11.6 Å². The summed E-state index contributed by atoms with van der Waals surface area (Å²) in [5.74, 6) is 0.716. The lowest BCUT2D eigenvalue weighted by atomic mass is 9.91. The van der Waals surface area contributed by atoms with Gasteiger partial charge in [-0.2, -0.15) is 0 Å². The molecule has 110 valence electrons. The number of benzene rings is 1. The van der Waals surface area contributed by atoms with Gasteiger partial charge in [-0.05, 0) is 42.9 Å². The topological polar surface area (TPSA) is 46.3 Å². The maximum atomic E-state index is 12.1. The van der Waals surface area contributed by atoms with Crippen molar-refractivity contribution in [2.45, 2.75) is 52.5 Å². The monoisotopic (exact) mass is 274 g/mol. The third-order valence-corrected chi connectivity index (χ3v) is 4.49. The van der Waals surface area contributed by atoms with Crippen molar-refractivity contribution in [3.63, 3.8) is 0 Å². The standard InChI is InChI=1S/C17H26N2O/c1-4-12(3)17(18)14-9-10-15-13(11-14)7-6-8-16(20)19(15)5-2/h9-12,17H,4-8,18H2,1-3H3. The number of rotatable bonds is 4. The molecule has 1 amide bonds. The van der Waals surface area contributed by atoms with E-state index in [0.29, 0.717) is 12.3 Å². The van der Waals surface area contributed by atoms with E-state index in [0.717, 1.165) is 31.5 Å². The molecular formula is C17H26N2O. The van der Waals surface area contributed by atoms with Crippen molar-refractivity contribution in [2.75, 3.05) is 11.4 Å². The third kappa shape index (κ3) is 2.88. The molecule has 3 nitrogen and oxygen atoms in total. The van der Waals surface area contributed by atoms with Crippen LogP contribution in [0.25, 0.3) is 0 Å². The SMILES string of the molecule is CCC(C)C(N)c1ccc2c(c1)CCCC(=O)N2CC. The Labute approximate surface area is 122 Å². The van der Waals surface area contributed by atoms with Crippen LogP contribution in [0.2, 0.25) is 0 Å². The van der Waals surface area contributed by atoms with Crippen molar-refractivity contribution in [2.24, 2.45) is 11.7 Å². The second kappa shape index (κ2) is 6.40. The van der Waals surface area contributed by atoms with Crippen molar-refractivity contribution < 1.29 is 4.79 Å². The van der Waals surface area contributed by atoms with Gasteiger partial charge in [0, 0.05) is 24.7 Å². The Morgan fingerprint density at radius 2 is 2.05 bits per heavy atom. The van der Waals surface area contributed by atoms with Gasteiger partial charge in [0.1, 0.15) is 0 Å². The molecule has 0 saturated carbocycles. The van der Waals surface area contributed by atoms with Gasteiger partial charge in [-0.1, -0.05) is 32.4 Å². The van der Waals surface area contributed by atoms with E-state index in [9.17, 15) is 4.79 Å². The zero-order chi connectivity index (χ0) is 14.7. The first kappa shape index (κ1) is 15.0. The lowest BCUT2D eigenvalue weighted by Crippen LogP contribution is -2.29. The summed E-state index contributed by atoms with van der Waals surface area (Å²) in [4.78, 5) is 14.0. The Morgan fingerprint density at radius 1 is 1.30 bits per heavy atom. The fraction of sp³-hybridized carbons (Fsp3) is 0.588. The first-order chi connectivity index (χ1) is 9.58. The summed E-state index contributed by atoms with van der Waals surface area (Å²) < 4.78 is 0. The highest BCUT2D eigenvalue weighted by atomic mass is 16.2. The van der Waals surface area contributed by atoms with Crippen molar-refractivity contribution in [3.8, 4) is 0 Å². The van der Waals surface area contributed by atoms with Crippen LogP contribution >= 0.6 is 0 Å². The predicted molar refractivity (Wildman–Crippen MR) is 83.8 cm³/mol. The number of hydrogen-bond acceptors (Lipinski definition) is 2. The zero-order valence-electron chi connectivity index (χ0n) is 12.9. The minimum Gasteiger partial charge on any atom is -0.324 e. The fourth-order valence-electron chi connectivity index (χ4n) is 2.90. The molecular weight excluding hydrogens is 248 g/mol. The van der Waals surface area contributed by atoms with Crippen molar-refractivity contribution in [1.29, 1.82) is 0 Å². The maximum Gasteiger partial charge on any atom is 0.226 e. The van der Waals surface area contributed by atoms with Crippen LogP contribution in [0.3, 0.4) is 0 Å². The van der Waals surface area contributed by atoms with Gasteiger partial charge >= 0.3 is 0 Å². The highest BCUT2D eigenvalue weighted by molar-refractivity contribution is 5.94. The molecule has 1 heterocycles. The quantitative estimate of drug-likeness (QED) is 0.914. The zero-order valence-corrected chi connectivity index (χ0v) is 12.9. The molecule has 2 unspecified atom stereocenters. The average molecular weight is 274 g/mol. The molecule has 0 spiro atoms. The summed E-state index contributed by atoms with van der Waals surface area (Å²) >= 11 is 0. The van der Waals surface area contributed by atoms with Gasteiger partial charge in [0.25, 0.3) is 0 Å². The summed E-state index contributed by atoms with van der Waals surface area (Å²) in [6, 6.07) is 6.48. The number of fused-ring (bicyclic) bond motifs is 1. The first-order valence-electron chi connectivity index (χ1n) is 7.77. The highest BCUT2D eigenvalue weighted by Crippen LogP contribution is 2.31.